The van der Waals surface area contributed by atoms with Gasteiger partial charge in [-0.15, -0.1) is 0 Å². The van der Waals surface area contributed by atoms with Gasteiger partial charge in [0.05, 0.1) is 6.10 Å². The van der Waals surface area contributed by atoms with Crippen LogP contribution in [0, 0.1) is 34.5 Å². The van der Waals surface area contributed by atoms with Crippen LogP contribution >= 0.6 is 0 Å². The predicted octanol–water partition coefficient (Wildman–Crippen LogP) is 4.06. The quantitative estimate of drug-likeness (QED) is 0.773. The van der Waals surface area contributed by atoms with Gasteiger partial charge < -0.3 is 10.0 Å². The van der Waals surface area contributed by atoms with E-state index in [1.165, 1.54) is 25.7 Å². The Bertz CT molecular complexity index is 611. The van der Waals surface area contributed by atoms with Crippen molar-refractivity contribution in [3.05, 3.63) is 11.6 Å². The molecule has 0 aromatic carbocycles. The van der Waals surface area contributed by atoms with Crippen LogP contribution in [0.3, 0.4) is 0 Å². The minimum atomic E-state index is -0.129. The molecule has 0 aliphatic heterocycles. The first-order valence-electron chi connectivity index (χ1n) is 10.8. The van der Waals surface area contributed by atoms with Crippen LogP contribution in [0.4, 0.5) is 0 Å². The van der Waals surface area contributed by atoms with E-state index in [0.717, 1.165) is 44.1 Å². The molecule has 4 aliphatic rings. The molecule has 3 heteroatoms. The van der Waals surface area contributed by atoms with Gasteiger partial charge in [0.15, 0.2) is 0 Å². The molecule has 3 nitrogen and oxygen atoms in total. The number of allylic oxidation sites excluding steroid dienone is 1. The van der Waals surface area contributed by atoms with Crippen molar-refractivity contribution < 1.29 is 9.90 Å². The molecular formula is C23H37NO2. The Morgan fingerprint density at radius 3 is 2.65 bits per heavy atom. The Kier molecular flexibility index (Phi) is 4.63. The number of hydrogen-bond donors (Lipinski definition) is 1. The Balaban J connectivity index is 1.69. The predicted molar refractivity (Wildman–Crippen MR) is 105 cm³/mol. The van der Waals surface area contributed by atoms with Crippen LogP contribution in [0.25, 0.3) is 0 Å². The highest BCUT2D eigenvalue weighted by atomic mass is 16.3. The fourth-order valence-corrected chi connectivity index (χ4v) is 7.96. The number of carbonyl (C=O) groups excluding carboxylic acids is 1. The van der Waals surface area contributed by atoms with E-state index in [-0.39, 0.29) is 17.4 Å². The van der Waals surface area contributed by atoms with Gasteiger partial charge in [-0.1, -0.05) is 18.6 Å². The maximum atomic E-state index is 12.5. The van der Waals surface area contributed by atoms with Crippen LogP contribution in [-0.2, 0) is 4.79 Å². The number of rotatable bonds is 3. The van der Waals surface area contributed by atoms with Crippen LogP contribution in [0.1, 0.15) is 65.2 Å². The molecule has 0 radical (unpaired) electrons. The first-order valence-corrected chi connectivity index (χ1v) is 10.8. The van der Waals surface area contributed by atoms with Gasteiger partial charge >= 0.3 is 0 Å². The van der Waals surface area contributed by atoms with Crippen LogP contribution < -0.4 is 0 Å². The molecule has 0 spiro atoms. The van der Waals surface area contributed by atoms with Crippen molar-refractivity contribution in [1.82, 2.24) is 4.90 Å². The van der Waals surface area contributed by atoms with Crippen LogP contribution in [-0.4, -0.2) is 42.5 Å². The van der Waals surface area contributed by atoms with Gasteiger partial charge in [0.1, 0.15) is 5.78 Å². The van der Waals surface area contributed by atoms with Crippen molar-refractivity contribution in [1.29, 1.82) is 0 Å². The summed E-state index contributed by atoms with van der Waals surface area (Å²) in [7, 11) is 4.35. The number of fused-ring (bicyclic) bond motifs is 5. The minimum Gasteiger partial charge on any atom is -0.393 e. The maximum Gasteiger partial charge on any atom is 0.133 e. The third kappa shape index (κ3) is 2.64. The molecule has 146 valence electrons. The second-order valence-electron chi connectivity index (χ2n) is 10.4. The van der Waals surface area contributed by atoms with E-state index in [9.17, 15) is 9.90 Å². The second-order valence-corrected chi connectivity index (χ2v) is 10.4. The molecule has 0 aromatic heterocycles. The molecule has 0 amide bonds. The Hall–Kier alpha value is -0.670. The third-order valence-corrected chi connectivity index (χ3v) is 8.90. The van der Waals surface area contributed by atoms with Crippen molar-refractivity contribution in [2.24, 2.45) is 34.5 Å². The normalized spacial score (nSPS) is 47.8. The molecule has 0 bridgehead atoms. The van der Waals surface area contributed by atoms with E-state index < -0.39 is 0 Å². The monoisotopic (exact) mass is 359 g/mol. The number of hydrogen-bond acceptors (Lipinski definition) is 3. The highest BCUT2D eigenvalue weighted by molar-refractivity contribution is 5.79. The summed E-state index contributed by atoms with van der Waals surface area (Å²) in [6, 6.07) is 0. The summed E-state index contributed by atoms with van der Waals surface area (Å²) < 4.78 is 0. The summed E-state index contributed by atoms with van der Waals surface area (Å²) in [6.07, 6.45) is 11.4. The fourth-order valence-electron chi connectivity index (χ4n) is 7.96. The summed E-state index contributed by atoms with van der Waals surface area (Å²) in [4.78, 5) is 14.8. The number of aliphatic hydroxyl groups excluding tert-OH is 1. The first kappa shape index (κ1) is 18.7. The van der Waals surface area contributed by atoms with Crippen molar-refractivity contribution in [3.8, 4) is 0 Å². The zero-order valence-electron chi connectivity index (χ0n) is 17.1. The molecule has 3 fully saturated rings. The highest BCUT2D eigenvalue weighted by Crippen LogP contribution is 2.66. The Morgan fingerprint density at radius 1 is 1.19 bits per heavy atom. The molecular weight excluding hydrogens is 322 g/mol. The molecule has 26 heavy (non-hydrogen) atoms. The lowest BCUT2D eigenvalue weighted by Gasteiger charge is -2.59. The van der Waals surface area contributed by atoms with Gasteiger partial charge in [0, 0.05) is 12.5 Å². The molecule has 0 heterocycles. The average Bonchev–Trinajstić information content (AvgIpc) is 2.94. The van der Waals surface area contributed by atoms with Crippen molar-refractivity contribution in [2.45, 2.75) is 71.3 Å². The summed E-state index contributed by atoms with van der Waals surface area (Å²) in [5.74, 6) is 2.87. The summed E-state index contributed by atoms with van der Waals surface area (Å²) >= 11 is 0. The molecule has 0 saturated heterocycles. The zero-order chi connectivity index (χ0) is 18.7. The molecule has 0 aromatic rings. The van der Waals surface area contributed by atoms with Crippen LogP contribution in [0.15, 0.2) is 11.6 Å². The molecule has 1 N–H and O–H groups in total. The van der Waals surface area contributed by atoms with E-state index in [1.807, 2.05) is 6.92 Å². The van der Waals surface area contributed by atoms with Gasteiger partial charge in [-0.05, 0) is 101 Å². The van der Waals surface area contributed by atoms with Gasteiger partial charge in [-0.2, -0.15) is 0 Å². The SMILES string of the molecule is CC(=O)[C@H]1CC[C@H]2[C@@H]3CC=C4CC(O)CC[C@]4(C)[C@H]3CC[C@]12CN(C)C. The van der Waals surface area contributed by atoms with E-state index in [1.54, 1.807) is 5.57 Å². The molecule has 4 rings (SSSR count). The topological polar surface area (TPSA) is 40.5 Å². The van der Waals surface area contributed by atoms with Crippen molar-refractivity contribution in [2.75, 3.05) is 20.6 Å². The van der Waals surface area contributed by atoms with Gasteiger partial charge in [-0.25, -0.2) is 0 Å². The summed E-state index contributed by atoms with van der Waals surface area (Å²) in [5.41, 5.74) is 2.03. The number of aliphatic hydroxyl groups is 1. The Morgan fingerprint density at radius 2 is 1.96 bits per heavy atom. The largest absolute Gasteiger partial charge is 0.393 e. The van der Waals surface area contributed by atoms with Crippen LogP contribution in [0.2, 0.25) is 0 Å². The average molecular weight is 360 g/mol. The fraction of sp³-hybridized carbons (Fsp3) is 0.870. The van der Waals surface area contributed by atoms with Crippen molar-refractivity contribution in [3.63, 3.8) is 0 Å². The van der Waals surface area contributed by atoms with Crippen LogP contribution in [0.5, 0.6) is 0 Å². The first-order chi connectivity index (χ1) is 12.3. The lowest BCUT2D eigenvalue weighted by molar-refractivity contribution is -0.129. The zero-order valence-corrected chi connectivity index (χ0v) is 17.1. The smallest absolute Gasteiger partial charge is 0.133 e. The number of carbonyl (C=O) groups is 1. The van der Waals surface area contributed by atoms with E-state index in [0.29, 0.717) is 17.1 Å². The third-order valence-electron chi connectivity index (χ3n) is 8.90. The summed E-state index contributed by atoms with van der Waals surface area (Å²) in [6.45, 7) is 5.38. The lowest BCUT2D eigenvalue weighted by Crippen LogP contribution is -2.54. The van der Waals surface area contributed by atoms with Gasteiger partial charge in [0.2, 0.25) is 0 Å². The molecule has 3 saturated carbocycles. The maximum absolute atomic E-state index is 12.5. The number of ketones is 1. The van der Waals surface area contributed by atoms with E-state index in [2.05, 4.69) is 32.0 Å². The van der Waals surface area contributed by atoms with E-state index >= 15 is 0 Å². The van der Waals surface area contributed by atoms with Crippen molar-refractivity contribution >= 4 is 5.78 Å². The Labute approximate surface area is 159 Å². The molecule has 7 atom stereocenters. The second kappa shape index (κ2) is 6.44. The lowest BCUT2D eigenvalue weighted by atomic mass is 9.47. The van der Waals surface area contributed by atoms with E-state index in [4.69, 9.17) is 0 Å². The van der Waals surface area contributed by atoms with Gasteiger partial charge in [-0.3, -0.25) is 4.79 Å². The van der Waals surface area contributed by atoms with Gasteiger partial charge in [0.25, 0.3) is 0 Å². The highest BCUT2D eigenvalue weighted by Gasteiger charge is 2.61. The number of nitrogens with zero attached hydrogens (tertiary/aromatic N) is 1. The molecule has 4 aliphatic carbocycles. The molecule has 1 unspecified atom stereocenters. The minimum absolute atomic E-state index is 0.129. The summed E-state index contributed by atoms with van der Waals surface area (Å²) in [5, 5.41) is 10.2. The standard InChI is InChI=1S/C23H37NO2/c1-15(25)19-7-8-21-18-6-5-16-13-17(26)9-11-22(16,2)20(18)10-12-23(19,21)14-24(3)4/h5,17-21,26H,6-14H2,1-4H3/t17?,18-,19-,20+,21+,22+,23+/m1/s1. The number of Topliss-reactive ketones (excluding diaryl/α,β-unsaturated/α-hetero) is 1.